The van der Waals surface area contributed by atoms with Gasteiger partial charge in [-0.2, -0.15) is 4.39 Å². The third-order valence-electron chi connectivity index (χ3n) is 1.79. The Balaban J connectivity index is 2.32. The fourth-order valence-electron chi connectivity index (χ4n) is 1.07. The van der Waals surface area contributed by atoms with Crippen molar-refractivity contribution in [2.45, 2.75) is 6.42 Å². The van der Waals surface area contributed by atoms with Crippen LogP contribution in [0.25, 0.3) is 0 Å². The molecule has 5 heteroatoms. The number of carbonyl (C=O) groups excluding carboxylic acids is 1. The zero-order valence-corrected chi connectivity index (χ0v) is 8.78. The van der Waals surface area contributed by atoms with Gasteiger partial charge in [-0.1, -0.05) is 12.6 Å². The molecular formula is C11H13FN2O2. The number of halogens is 1. The van der Waals surface area contributed by atoms with Gasteiger partial charge in [0.25, 0.3) is 5.91 Å². The molecule has 1 rings (SSSR count). The number of carbonyl (C=O) groups is 1. The monoisotopic (exact) mass is 224 g/mol. The minimum Gasteiger partial charge on any atom is -0.502 e. The van der Waals surface area contributed by atoms with Crippen LogP contribution in [0.4, 0.5) is 4.39 Å². The van der Waals surface area contributed by atoms with Crippen LogP contribution in [-0.2, 0) is 4.74 Å². The Morgan fingerprint density at radius 3 is 3.12 bits per heavy atom. The molecule has 0 aliphatic rings. The Kier molecular flexibility index (Phi) is 4.98. The van der Waals surface area contributed by atoms with Gasteiger partial charge in [0.1, 0.15) is 5.69 Å². The second-order valence-electron chi connectivity index (χ2n) is 2.99. The van der Waals surface area contributed by atoms with E-state index in [0.29, 0.717) is 19.6 Å². The predicted molar refractivity (Wildman–Crippen MR) is 57.3 cm³/mol. The molecule has 0 bridgehead atoms. The summed E-state index contributed by atoms with van der Waals surface area (Å²) in [6.45, 7) is 4.33. The average Bonchev–Trinajstić information content (AvgIpc) is 2.28. The number of nitrogens with one attached hydrogen (secondary N) is 1. The number of hydrogen-bond acceptors (Lipinski definition) is 3. The van der Waals surface area contributed by atoms with Crippen molar-refractivity contribution < 1.29 is 13.9 Å². The smallest absolute Gasteiger partial charge is 0.269 e. The number of pyridine rings is 1. The van der Waals surface area contributed by atoms with E-state index in [1.54, 1.807) is 0 Å². The first-order chi connectivity index (χ1) is 7.74. The van der Waals surface area contributed by atoms with Gasteiger partial charge in [-0.25, -0.2) is 4.98 Å². The van der Waals surface area contributed by atoms with Crippen molar-refractivity contribution >= 4 is 5.91 Å². The molecule has 1 amide bonds. The molecule has 0 saturated heterocycles. The van der Waals surface area contributed by atoms with Crippen LogP contribution in [0, 0.1) is 5.95 Å². The molecular weight excluding hydrogens is 211 g/mol. The van der Waals surface area contributed by atoms with Crippen molar-refractivity contribution in [2.24, 2.45) is 0 Å². The van der Waals surface area contributed by atoms with Crippen LogP contribution < -0.4 is 5.32 Å². The molecule has 4 nitrogen and oxygen atoms in total. The van der Waals surface area contributed by atoms with Gasteiger partial charge in [-0.15, -0.1) is 0 Å². The molecule has 0 radical (unpaired) electrons. The van der Waals surface area contributed by atoms with Gasteiger partial charge < -0.3 is 10.1 Å². The van der Waals surface area contributed by atoms with Crippen molar-refractivity contribution in [1.82, 2.24) is 10.3 Å². The maximum atomic E-state index is 12.7. The Labute approximate surface area is 93.1 Å². The topological polar surface area (TPSA) is 51.2 Å². The molecule has 0 fully saturated rings. The number of ether oxygens (including phenoxy) is 1. The van der Waals surface area contributed by atoms with E-state index >= 15 is 0 Å². The van der Waals surface area contributed by atoms with Gasteiger partial charge >= 0.3 is 0 Å². The lowest BCUT2D eigenvalue weighted by Gasteiger charge is -2.04. The summed E-state index contributed by atoms with van der Waals surface area (Å²) in [4.78, 5) is 14.9. The fourth-order valence-corrected chi connectivity index (χ4v) is 1.07. The molecule has 16 heavy (non-hydrogen) atoms. The van der Waals surface area contributed by atoms with Crippen LogP contribution in [-0.4, -0.2) is 24.0 Å². The largest absolute Gasteiger partial charge is 0.502 e. The van der Waals surface area contributed by atoms with Crippen molar-refractivity contribution in [1.29, 1.82) is 0 Å². The highest BCUT2D eigenvalue weighted by Crippen LogP contribution is 1.97. The van der Waals surface area contributed by atoms with E-state index in [-0.39, 0.29) is 5.69 Å². The van der Waals surface area contributed by atoms with E-state index in [1.807, 2.05) is 0 Å². The number of hydrogen-bond donors (Lipinski definition) is 1. The summed E-state index contributed by atoms with van der Waals surface area (Å²) < 4.78 is 17.6. The number of rotatable bonds is 6. The third-order valence-corrected chi connectivity index (χ3v) is 1.79. The molecule has 86 valence electrons. The minimum absolute atomic E-state index is 0.0737. The number of amides is 1. The van der Waals surface area contributed by atoms with Gasteiger partial charge in [-0.3, -0.25) is 4.79 Å². The summed E-state index contributed by atoms with van der Waals surface area (Å²) in [5, 5.41) is 2.60. The summed E-state index contributed by atoms with van der Waals surface area (Å²) in [5.74, 6) is -1.05. The van der Waals surface area contributed by atoms with E-state index in [1.165, 1.54) is 24.5 Å². The van der Waals surface area contributed by atoms with E-state index in [2.05, 4.69) is 16.9 Å². The maximum Gasteiger partial charge on any atom is 0.269 e. The molecule has 0 spiro atoms. The van der Waals surface area contributed by atoms with Gasteiger partial charge in [-0.05, 0) is 18.6 Å². The fraction of sp³-hybridized carbons (Fsp3) is 0.273. The van der Waals surface area contributed by atoms with Crippen LogP contribution in [0.5, 0.6) is 0 Å². The molecule has 0 aliphatic heterocycles. The highest BCUT2D eigenvalue weighted by atomic mass is 19.1. The summed E-state index contributed by atoms with van der Waals surface area (Å²) in [6.07, 6.45) is 2.00. The van der Waals surface area contributed by atoms with Crippen molar-refractivity contribution in [3.63, 3.8) is 0 Å². The van der Waals surface area contributed by atoms with Crippen molar-refractivity contribution in [3.8, 4) is 0 Å². The first-order valence-corrected chi connectivity index (χ1v) is 4.87. The molecule has 0 saturated carbocycles. The van der Waals surface area contributed by atoms with Gasteiger partial charge in [0.05, 0.1) is 12.9 Å². The zero-order chi connectivity index (χ0) is 11.8. The maximum absolute atomic E-state index is 12.7. The molecule has 0 unspecified atom stereocenters. The lowest BCUT2D eigenvalue weighted by atomic mass is 10.3. The van der Waals surface area contributed by atoms with Crippen LogP contribution >= 0.6 is 0 Å². The van der Waals surface area contributed by atoms with Gasteiger partial charge in [0.15, 0.2) is 0 Å². The van der Waals surface area contributed by atoms with Gasteiger partial charge in [0.2, 0.25) is 5.95 Å². The first kappa shape index (κ1) is 12.2. The normalized spacial score (nSPS) is 9.56. The quantitative estimate of drug-likeness (QED) is 0.452. The third kappa shape index (κ3) is 4.08. The minimum atomic E-state index is -0.664. The van der Waals surface area contributed by atoms with Crippen LogP contribution in [0.15, 0.2) is 31.0 Å². The van der Waals surface area contributed by atoms with E-state index in [0.717, 1.165) is 0 Å². The Hall–Kier alpha value is -1.91. The summed E-state index contributed by atoms with van der Waals surface area (Å²) >= 11 is 0. The molecule has 1 N–H and O–H groups in total. The Morgan fingerprint density at radius 2 is 2.44 bits per heavy atom. The van der Waals surface area contributed by atoms with Crippen molar-refractivity contribution in [2.75, 3.05) is 13.2 Å². The van der Waals surface area contributed by atoms with Crippen LogP contribution in [0.3, 0.4) is 0 Å². The first-order valence-electron chi connectivity index (χ1n) is 4.87. The zero-order valence-electron chi connectivity index (χ0n) is 8.78. The van der Waals surface area contributed by atoms with E-state index in [4.69, 9.17) is 4.74 Å². The molecule has 0 atom stereocenters. The van der Waals surface area contributed by atoms with Crippen LogP contribution in [0.2, 0.25) is 0 Å². The van der Waals surface area contributed by atoms with Gasteiger partial charge in [0, 0.05) is 6.54 Å². The molecule has 1 aromatic rings. The Morgan fingerprint density at radius 1 is 1.62 bits per heavy atom. The Bertz CT molecular complexity index is 369. The lowest BCUT2D eigenvalue weighted by molar-refractivity contribution is 0.0944. The summed E-state index contributed by atoms with van der Waals surface area (Å²) in [7, 11) is 0. The lowest BCUT2D eigenvalue weighted by Crippen LogP contribution is -2.26. The van der Waals surface area contributed by atoms with E-state index in [9.17, 15) is 9.18 Å². The number of aromatic nitrogens is 1. The number of nitrogens with zero attached hydrogens (tertiary/aromatic N) is 1. The predicted octanol–water partition coefficient (Wildman–Crippen LogP) is 1.50. The highest BCUT2D eigenvalue weighted by molar-refractivity contribution is 5.92. The molecule has 1 aromatic heterocycles. The molecule has 0 aliphatic carbocycles. The van der Waals surface area contributed by atoms with E-state index < -0.39 is 11.9 Å². The van der Waals surface area contributed by atoms with Crippen molar-refractivity contribution in [3.05, 3.63) is 42.7 Å². The SMILES string of the molecule is C=COCCCNC(=O)c1cccc(F)n1. The second kappa shape index (κ2) is 6.55. The summed E-state index contributed by atoms with van der Waals surface area (Å²) in [6, 6.07) is 4.09. The van der Waals surface area contributed by atoms with Crippen LogP contribution in [0.1, 0.15) is 16.9 Å². The molecule has 0 aromatic carbocycles. The second-order valence-corrected chi connectivity index (χ2v) is 2.99. The molecule has 1 heterocycles. The summed E-state index contributed by atoms with van der Waals surface area (Å²) in [5.41, 5.74) is 0.0737. The average molecular weight is 224 g/mol. The highest BCUT2D eigenvalue weighted by Gasteiger charge is 2.06. The standard InChI is InChI=1S/C11H13FN2O2/c1-2-16-8-4-7-13-11(15)9-5-3-6-10(12)14-9/h2-3,5-6H,1,4,7-8H2,(H,13,15).